The SMILES string of the molecule is COCCOc1cc2nccnc2cc1OC.O=S(=O)(O)C(F)(F)F. The van der Waals surface area contributed by atoms with Crippen LogP contribution in [0.25, 0.3) is 11.0 Å². The number of fused-ring (bicyclic) bond motifs is 1. The quantitative estimate of drug-likeness (QED) is 0.474. The minimum absolute atomic E-state index is 0.471. The first-order chi connectivity index (χ1) is 11.6. The van der Waals surface area contributed by atoms with Crippen LogP contribution < -0.4 is 9.47 Å². The standard InChI is InChI=1S/C12H14N2O3.CHF3O3S/c1-15-5-6-17-12-8-10-9(7-11(12)16-2)13-3-4-14-10;2-1(3,4)8(5,6)7/h3-4,7-8H,5-6H2,1-2H3;(H,5,6,7). The van der Waals surface area contributed by atoms with Crippen LogP contribution >= 0.6 is 0 Å². The van der Waals surface area contributed by atoms with E-state index < -0.39 is 15.6 Å². The number of benzene rings is 1. The van der Waals surface area contributed by atoms with Crippen LogP contribution in [-0.2, 0) is 14.9 Å². The van der Waals surface area contributed by atoms with Crippen LogP contribution in [0.2, 0.25) is 0 Å². The Morgan fingerprint density at radius 3 is 1.92 bits per heavy atom. The van der Waals surface area contributed by atoms with Crippen LogP contribution in [0.3, 0.4) is 0 Å². The average Bonchev–Trinajstić information content (AvgIpc) is 2.53. The number of rotatable bonds is 5. The van der Waals surface area contributed by atoms with E-state index in [9.17, 15) is 13.2 Å². The van der Waals surface area contributed by atoms with Gasteiger partial charge in [-0.15, -0.1) is 0 Å². The Morgan fingerprint density at radius 1 is 1.04 bits per heavy atom. The third-order valence-corrected chi connectivity index (χ3v) is 3.18. The number of methoxy groups -OCH3 is 2. The number of aromatic nitrogens is 2. The van der Waals surface area contributed by atoms with E-state index in [4.69, 9.17) is 27.2 Å². The van der Waals surface area contributed by atoms with Gasteiger partial charge < -0.3 is 14.2 Å². The summed E-state index contributed by atoms with van der Waals surface area (Å²) in [4.78, 5) is 8.42. The van der Waals surface area contributed by atoms with Gasteiger partial charge in [0.15, 0.2) is 11.5 Å². The van der Waals surface area contributed by atoms with E-state index >= 15 is 0 Å². The summed E-state index contributed by atoms with van der Waals surface area (Å²) in [6, 6.07) is 3.63. The number of nitrogens with zero attached hydrogens (tertiary/aromatic N) is 2. The third kappa shape index (κ3) is 6.32. The maximum Gasteiger partial charge on any atom is 0.522 e. The van der Waals surface area contributed by atoms with Gasteiger partial charge in [-0.05, 0) is 0 Å². The van der Waals surface area contributed by atoms with Crippen molar-refractivity contribution >= 4 is 21.2 Å². The maximum atomic E-state index is 10.7. The van der Waals surface area contributed by atoms with Crippen LogP contribution in [0.4, 0.5) is 13.2 Å². The van der Waals surface area contributed by atoms with E-state index in [-0.39, 0.29) is 0 Å². The molecule has 0 atom stereocenters. The molecule has 2 rings (SSSR count). The molecule has 0 radical (unpaired) electrons. The van der Waals surface area contributed by atoms with Crippen molar-refractivity contribution in [2.45, 2.75) is 5.51 Å². The first kappa shape index (κ1) is 20.9. The molecule has 12 heteroatoms. The molecule has 0 fully saturated rings. The molecule has 0 aliphatic rings. The summed E-state index contributed by atoms with van der Waals surface area (Å²) in [7, 11) is -2.61. The van der Waals surface area contributed by atoms with E-state index in [1.54, 1.807) is 26.6 Å². The third-order valence-electron chi connectivity index (χ3n) is 2.59. The minimum atomic E-state index is -5.84. The normalized spacial score (nSPS) is 11.6. The fraction of sp³-hybridized carbons (Fsp3) is 0.385. The zero-order chi connectivity index (χ0) is 19.1. The van der Waals surface area contributed by atoms with Gasteiger partial charge in [0.05, 0.1) is 24.8 Å². The molecule has 0 amide bonds. The molecule has 0 aliphatic heterocycles. The molecule has 0 saturated heterocycles. The molecule has 0 spiro atoms. The number of ether oxygens (including phenoxy) is 3. The first-order valence-electron chi connectivity index (χ1n) is 6.54. The van der Waals surface area contributed by atoms with Gasteiger partial charge in [0.2, 0.25) is 0 Å². The monoisotopic (exact) mass is 384 g/mol. The highest BCUT2D eigenvalue weighted by atomic mass is 32.2. The van der Waals surface area contributed by atoms with Crippen molar-refractivity contribution in [1.82, 2.24) is 9.97 Å². The van der Waals surface area contributed by atoms with E-state index in [0.717, 1.165) is 11.0 Å². The highest BCUT2D eigenvalue weighted by molar-refractivity contribution is 7.86. The maximum absolute atomic E-state index is 10.7. The molecule has 1 N–H and O–H groups in total. The van der Waals surface area contributed by atoms with E-state index in [2.05, 4.69) is 9.97 Å². The molecular formula is C13H15F3N2O6S. The van der Waals surface area contributed by atoms with Crippen molar-refractivity contribution in [3.05, 3.63) is 24.5 Å². The highest BCUT2D eigenvalue weighted by Gasteiger charge is 2.44. The summed E-state index contributed by atoms with van der Waals surface area (Å²) in [6.07, 6.45) is 3.29. The van der Waals surface area contributed by atoms with Gasteiger partial charge in [0.1, 0.15) is 6.61 Å². The van der Waals surface area contributed by atoms with Crippen LogP contribution in [0.5, 0.6) is 11.5 Å². The summed E-state index contributed by atoms with van der Waals surface area (Å²) < 4.78 is 73.3. The Kier molecular flexibility index (Phi) is 7.33. The average molecular weight is 384 g/mol. The fourth-order valence-corrected chi connectivity index (χ4v) is 1.48. The van der Waals surface area contributed by atoms with Crippen LogP contribution in [0, 0.1) is 0 Å². The topological polar surface area (TPSA) is 108 Å². The van der Waals surface area contributed by atoms with Crippen molar-refractivity contribution in [1.29, 1.82) is 0 Å². The molecule has 1 aromatic carbocycles. The van der Waals surface area contributed by atoms with Gasteiger partial charge in [-0.25, -0.2) is 0 Å². The second-order valence-electron chi connectivity index (χ2n) is 4.31. The number of alkyl halides is 3. The zero-order valence-corrected chi connectivity index (χ0v) is 14.0. The van der Waals surface area contributed by atoms with Gasteiger partial charge in [0, 0.05) is 31.6 Å². The summed E-state index contributed by atoms with van der Waals surface area (Å²) in [5.74, 6) is 1.30. The van der Waals surface area contributed by atoms with Gasteiger partial charge in [-0.3, -0.25) is 14.5 Å². The smallest absolute Gasteiger partial charge is 0.493 e. The molecule has 25 heavy (non-hydrogen) atoms. The van der Waals surface area contributed by atoms with Gasteiger partial charge >= 0.3 is 15.6 Å². The summed E-state index contributed by atoms with van der Waals surface area (Å²) in [5.41, 5.74) is -3.98. The summed E-state index contributed by atoms with van der Waals surface area (Å²) >= 11 is 0. The summed E-state index contributed by atoms with van der Waals surface area (Å²) in [6.45, 7) is 1.00. The van der Waals surface area contributed by atoms with Gasteiger partial charge in [-0.2, -0.15) is 21.6 Å². The van der Waals surface area contributed by atoms with Crippen molar-refractivity contribution in [3.8, 4) is 11.5 Å². The fourth-order valence-electron chi connectivity index (χ4n) is 1.48. The van der Waals surface area contributed by atoms with Gasteiger partial charge in [0.25, 0.3) is 0 Å². The van der Waals surface area contributed by atoms with Crippen molar-refractivity contribution in [2.75, 3.05) is 27.4 Å². The molecule has 0 bridgehead atoms. The molecule has 2 aromatic rings. The molecule has 0 saturated carbocycles. The molecular weight excluding hydrogens is 369 g/mol. The minimum Gasteiger partial charge on any atom is -0.493 e. The Bertz CT molecular complexity index is 798. The van der Waals surface area contributed by atoms with Crippen molar-refractivity contribution in [2.24, 2.45) is 0 Å². The van der Waals surface area contributed by atoms with Gasteiger partial charge in [-0.1, -0.05) is 0 Å². The van der Waals surface area contributed by atoms with E-state index in [0.29, 0.717) is 24.7 Å². The van der Waals surface area contributed by atoms with Crippen LogP contribution in [0.1, 0.15) is 0 Å². The molecule has 1 heterocycles. The van der Waals surface area contributed by atoms with Crippen LogP contribution in [-0.4, -0.2) is 55.9 Å². The molecule has 8 nitrogen and oxygen atoms in total. The Balaban J connectivity index is 0.000000333. The Labute approximate surface area is 141 Å². The highest BCUT2D eigenvalue weighted by Crippen LogP contribution is 2.30. The largest absolute Gasteiger partial charge is 0.522 e. The lowest BCUT2D eigenvalue weighted by molar-refractivity contribution is -0.0510. The number of halogens is 3. The Morgan fingerprint density at radius 2 is 1.52 bits per heavy atom. The number of hydrogen-bond acceptors (Lipinski definition) is 7. The lowest BCUT2D eigenvalue weighted by Crippen LogP contribution is -2.21. The van der Waals surface area contributed by atoms with Crippen molar-refractivity contribution in [3.63, 3.8) is 0 Å². The second-order valence-corrected chi connectivity index (χ2v) is 5.72. The Hall–Kier alpha value is -2.18. The second kappa shape index (κ2) is 8.78. The molecule has 1 aromatic heterocycles. The lowest BCUT2D eigenvalue weighted by atomic mass is 10.2. The predicted molar refractivity (Wildman–Crippen MR) is 81.1 cm³/mol. The molecule has 0 unspecified atom stereocenters. The predicted octanol–water partition coefficient (Wildman–Crippen LogP) is 2.06. The number of hydrogen-bond donors (Lipinski definition) is 1. The van der Waals surface area contributed by atoms with E-state index in [1.165, 1.54) is 0 Å². The lowest BCUT2D eigenvalue weighted by Gasteiger charge is -2.10. The summed E-state index contributed by atoms with van der Waals surface area (Å²) in [5, 5.41) is 0. The molecule has 0 aliphatic carbocycles. The van der Waals surface area contributed by atoms with Crippen molar-refractivity contribution < 1.29 is 40.4 Å². The van der Waals surface area contributed by atoms with Crippen LogP contribution in [0.15, 0.2) is 24.5 Å². The molecule has 140 valence electrons. The van der Waals surface area contributed by atoms with E-state index in [1.807, 2.05) is 12.1 Å². The zero-order valence-electron chi connectivity index (χ0n) is 13.1. The first-order valence-corrected chi connectivity index (χ1v) is 7.98.